The van der Waals surface area contributed by atoms with E-state index in [2.05, 4.69) is 4.98 Å². The van der Waals surface area contributed by atoms with E-state index in [-0.39, 0.29) is 5.82 Å². The normalized spacial score (nSPS) is 10.5. The van der Waals surface area contributed by atoms with E-state index in [0.717, 1.165) is 6.07 Å². The number of anilines is 1. The van der Waals surface area contributed by atoms with Gasteiger partial charge in [0.2, 0.25) is 0 Å². The molecule has 0 unspecified atom stereocenters. The molecule has 0 spiro atoms. The molecule has 0 amide bonds. The summed E-state index contributed by atoms with van der Waals surface area (Å²) in [6.07, 6.45) is -2.79. The summed E-state index contributed by atoms with van der Waals surface area (Å²) in [6.45, 7) is 0. The first kappa shape index (κ1) is 7.71. The Bertz CT molecular complexity index is 265. The predicted molar refractivity (Wildman–Crippen MR) is 35.3 cm³/mol. The van der Waals surface area contributed by atoms with Gasteiger partial charge in [-0.15, -0.1) is 0 Å². The lowest BCUT2D eigenvalue weighted by Crippen LogP contribution is -1.95. The molecule has 0 radical (unpaired) electrons. The van der Waals surface area contributed by atoms with Gasteiger partial charge in [-0.25, -0.2) is 13.8 Å². The summed E-state index contributed by atoms with van der Waals surface area (Å²) in [6, 6.07) is 2.34. The Labute approximate surface area is 61.5 Å². The molecule has 1 rings (SSSR count). The summed E-state index contributed by atoms with van der Waals surface area (Å²) in [4.78, 5) is 3.25. The van der Waals surface area contributed by atoms with Gasteiger partial charge in [-0.3, -0.25) is 0 Å². The van der Waals surface area contributed by atoms with Gasteiger partial charge in [0, 0.05) is 0 Å². The van der Waals surface area contributed by atoms with Crippen LogP contribution in [0.3, 0.4) is 0 Å². The number of alkyl halides is 2. The van der Waals surface area contributed by atoms with Crippen molar-refractivity contribution < 1.29 is 13.9 Å². The maximum atomic E-state index is 11.9. The van der Waals surface area contributed by atoms with Crippen LogP contribution >= 0.6 is 0 Å². The lowest BCUT2D eigenvalue weighted by Gasteiger charge is -2.01. The standard InChI is InChI=1S/C6H6F2N2O/c7-6(8)5-3(11)1-2-4(9)10-5/h1-2,6,11H,(H2,9,10). The molecular weight excluding hydrogens is 154 g/mol. The first-order chi connectivity index (χ1) is 5.11. The zero-order valence-corrected chi connectivity index (χ0v) is 5.46. The van der Waals surface area contributed by atoms with Crippen molar-refractivity contribution in [3.05, 3.63) is 17.8 Å². The molecule has 0 aliphatic rings. The van der Waals surface area contributed by atoms with Gasteiger partial charge in [0.05, 0.1) is 0 Å². The summed E-state index contributed by atoms with van der Waals surface area (Å²) in [5, 5.41) is 8.81. The Morgan fingerprint density at radius 2 is 2.09 bits per heavy atom. The molecule has 5 heteroatoms. The molecule has 1 heterocycles. The van der Waals surface area contributed by atoms with E-state index in [0.29, 0.717) is 0 Å². The highest BCUT2D eigenvalue weighted by atomic mass is 19.3. The third-order valence-electron chi connectivity index (χ3n) is 1.13. The molecule has 3 nitrogen and oxygen atoms in total. The number of halogens is 2. The second kappa shape index (κ2) is 2.69. The SMILES string of the molecule is Nc1ccc(O)c(C(F)F)n1. The van der Waals surface area contributed by atoms with Gasteiger partial charge in [0.25, 0.3) is 6.43 Å². The van der Waals surface area contributed by atoms with Crippen molar-refractivity contribution in [2.24, 2.45) is 0 Å². The number of hydrogen-bond donors (Lipinski definition) is 2. The quantitative estimate of drug-likeness (QED) is 0.651. The van der Waals surface area contributed by atoms with E-state index < -0.39 is 17.9 Å². The largest absolute Gasteiger partial charge is 0.506 e. The summed E-state index contributed by atoms with van der Waals surface area (Å²) in [5.41, 5.74) is 4.43. The Hall–Kier alpha value is -1.39. The van der Waals surface area contributed by atoms with Crippen LogP contribution in [0, 0.1) is 0 Å². The Morgan fingerprint density at radius 3 is 2.55 bits per heavy atom. The topological polar surface area (TPSA) is 59.1 Å². The van der Waals surface area contributed by atoms with E-state index in [4.69, 9.17) is 10.8 Å². The summed E-state index contributed by atoms with van der Waals surface area (Å²) >= 11 is 0. The van der Waals surface area contributed by atoms with Crippen LogP contribution in [0.1, 0.15) is 12.1 Å². The lowest BCUT2D eigenvalue weighted by atomic mass is 10.3. The van der Waals surface area contributed by atoms with Crippen molar-refractivity contribution in [2.45, 2.75) is 6.43 Å². The van der Waals surface area contributed by atoms with E-state index in [1.165, 1.54) is 6.07 Å². The van der Waals surface area contributed by atoms with Gasteiger partial charge in [0.1, 0.15) is 11.6 Å². The Balaban J connectivity index is 3.13. The van der Waals surface area contributed by atoms with Gasteiger partial charge in [-0.05, 0) is 12.1 Å². The van der Waals surface area contributed by atoms with E-state index in [1.807, 2.05) is 0 Å². The zero-order chi connectivity index (χ0) is 8.43. The van der Waals surface area contributed by atoms with E-state index >= 15 is 0 Å². The molecule has 0 atom stereocenters. The Kier molecular flexibility index (Phi) is 1.89. The van der Waals surface area contributed by atoms with Gasteiger partial charge in [-0.2, -0.15) is 0 Å². The molecule has 60 valence electrons. The number of nitrogen functional groups attached to an aromatic ring is 1. The van der Waals surface area contributed by atoms with Crippen LogP contribution in [0.4, 0.5) is 14.6 Å². The smallest absolute Gasteiger partial charge is 0.284 e. The monoisotopic (exact) mass is 160 g/mol. The van der Waals surface area contributed by atoms with Crippen LogP contribution in [0.5, 0.6) is 5.75 Å². The number of aromatic nitrogens is 1. The molecule has 0 aromatic carbocycles. The molecule has 0 aliphatic carbocycles. The number of rotatable bonds is 1. The molecular formula is C6H6F2N2O. The van der Waals surface area contributed by atoms with Gasteiger partial charge in [-0.1, -0.05) is 0 Å². The predicted octanol–water partition coefficient (Wildman–Crippen LogP) is 1.31. The average Bonchev–Trinajstić information content (AvgIpc) is 1.94. The van der Waals surface area contributed by atoms with Crippen molar-refractivity contribution in [3.63, 3.8) is 0 Å². The van der Waals surface area contributed by atoms with Crippen LogP contribution in [-0.4, -0.2) is 10.1 Å². The molecule has 1 aromatic heterocycles. The minimum Gasteiger partial charge on any atom is -0.506 e. The minimum absolute atomic E-state index is 0.0295. The van der Waals surface area contributed by atoms with Crippen molar-refractivity contribution >= 4 is 5.82 Å². The molecule has 3 N–H and O–H groups in total. The first-order valence-electron chi connectivity index (χ1n) is 2.85. The first-order valence-corrected chi connectivity index (χ1v) is 2.85. The van der Waals surface area contributed by atoms with E-state index in [9.17, 15) is 8.78 Å². The van der Waals surface area contributed by atoms with Crippen molar-refractivity contribution in [1.29, 1.82) is 0 Å². The van der Waals surface area contributed by atoms with Gasteiger partial charge >= 0.3 is 0 Å². The molecule has 0 saturated carbocycles. The van der Waals surface area contributed by atoms with Crippen LogP contribution in [0.25, 0.3) is 0 Å². The van der Waals surface area contributed by atoms with Crippen molar-refractivity contribution in [1.82, 2.24) is 4.98 Å². The van der Waals surface area contributed by atoms with Crippen LogP contribution in [0.15, 0.2) is 12.1 Å². The number of pyridine rings is 1. The highest BCUT2D eigenvalue weighted by Gasteiger charge is 2.13. The fourth-order valence-corrected chi connectivity index (χ4v) is 0.644. The number of hydrogen-bond acceptors (Lipinski definition) is 3. The molecule has 0 bridgehead atoms. The van der Waals surface area contributed by atoms with E-state index in [1.54, 1.807) is 0 Å². The molecule has 0 saturated heterocycles. The van der Waals surface area contributed by atoms with Gasteiger partial charge in [0.15, 0.2) is 5.69 Å². The molecule has 11 heavy (non-hydrogen) atoms. The number of nitrogens with two attached hydrogens (primary N) is 1. The number of aromatic hydroxyl groups is 1. The second-order valence-corrected chi connectivity index (χ2v) is 1.94. The van der Waals surface area contributed by atoms with Crippen molar-refractivity contribution in [3.8, 4) is 5.75 Å². The third kappa shape index (κ3) is 1.54. The molecule has 0 aliphatic heterocycles. The molecule has 1 aromatic rings. The summed E-state index contributed by atoms with van der Waals surface area (Å²) in [5.74, 6) is -0.563. The maximum Gasteiger partial charge on any atom is 0.284 e. The van der Waals surface area contributed by atoms with Crippen LogP contribution < -0.4 is 5.73 Å². The maximum absolute atomic E-state index is 11.9. The highest BCUT2D eigenvalue weighted by Crippen LogP contribution is 2.26. The fraction of sp³-hybridized carbons (Fsp3) is 0.167. The zero-order valence-electron chi connectivity index (χ0n) is 5.46. The average molecular weight is 160 g/mol. The lowest BCUT2D eigenvalue weighted by molar-refractivity contribution is 0.142. The summed E-state index contributed by atoms with van der Waals surface area (Å²) < 4.78 is 23.9. The third-order valence-corrected chi connectivity index (χ3v) is 1.13. The fourth-order valence-electron chi connectivity index (χ4n) is 0.644. The van der Waals surface area contributed by atoms with Crippen LogP contribution in [0.2, 0.25) is 0 Å². The molecule has 0 fully saturated rings. The second-order valence-electron chi connectivity index (χ2n) is 1.94. The minimum atomic E-state index is -2.79. The highest BCUT2D eigenvalue weighted by molar-refractivity contribution is 5.37. The van der Waals surface area contributed by atoms with Crippen LogP contribution in [-0.2, 0) is 0 Å². The Morgan fingerprint density at radius 1 is 1.45 bits per heavy atom. The summed E-state index contributed by atoms with van der Waals surface area (Å²) in [7, 11) is 0. The van der Waals surface area contributed by atoms with Gasteiger partial charge < -0.3 is 10.8 Å². The number of nitrogens with zero attached hydrogens (tertiary/aromatic N) is 1. The van der Waals surface area contributed by atoms with Crippen molar-refractivity contribution in [2.75, 3.05) is 5.73 Å².